The lowest BCUT2D eigenvalue weighted by molar-refractivity contribution is 0.588. The lowest BCUT2D eigenvalue weighted by atomic mass is 10.5. The van der Waals surface area contributed by atoms with Gasteiger partial charge in [0.2, 0.25) is 10.0 Å². The highest BCUT2D eigenvalue weighted by Gasteiger charge is 2.07. The summed E-state index contributed by atoms with van der Waals surface area (Å²) in [5.41, 5.74) is 0. The third-order valence-corrected chi connectivity index (χ3v) is 3.98. The second kappa shape index (κ2) is 4.27. The van der Waals surface area contributed by atoms with Crippen LogP contribution in [-0.4, -0.2) is 14.7 Å². The first-order valence-electron chi connectivity index (χ1n) is 3.27. The van der Waals surface area contributed by atoms with Crippen LogP contribution in [0, 0.1) is 0 Å². The van der Waals surface area contributed by atoms with E-state index in [-0.39, 0.29) is 6.54 Å². The Morgan fingerprint density at radius 2 is 2.31 bits per heavy atom. The van der Waals surface area contributed by atoms with Gasteiger partial charge in [0.1, 0.15) is 0 Å². The van der Waals surface area contributed by atoms with Crippen LogP contribution < -0.4 is 4.72 Å². The van der Waals surface area contributed by atoms with Gasteiger partial charge in [0.25, 0.3) is 0 Å². The second-order valence-corrected chi connectivity index (χ2v) is 7.17. The summed E-state index contributed by atoms with van der Waals surface area (Å²) < 4.78 is 24.8. The fraction of sp³-hybridized carbons (Fsp3) is 0.333. The van der Waals surface area contributed by atoms with Gasteiger partial charge in [-0.1, -0.05) is 11.6 Å². The molecule has 0 aliphatic carbocycles. The molecule has 0 fully saturated rings. The number of hydrogen-bond donors (Lipinski definition) is 1. The van der Waals surface area contributed by atoms with Crippen molar-refractivity contribution >= 4 is 48.9 Å². The van der Waals surface area contributed by atoms with Gasteiger partial charge in [-0.15, -0.1) is 11.3 Å². The van der Waals surface area contributed by atoms with Crippen LogP contribution in [0.2, 0.25) is 5.02 Å². The van der Waals surface area contributed by atoms with Crippen LogP contribution in [0.15, 0.2) is 9.85 Å². The lowest BCUT2D eigenvalue weighted by Crippen LogP contribution is -2.20. The molecule has 0 atom stereocenters. The van der Waals surface area contributed by atoms with Gasteiger partial charge in [0.05, 0.1) is 15.1 Å². The van der Waals surface area contributed by atoms with E-state index in [4.69, 9.17) is 11.6 Å². The maximum atomic E-state index is 10.8. The molecule has 0 amide bonds. The molecule has 0 unspecified atom stereocenters. The SMILES string of the molecule is CS(=O)(=O)NCc1sc(Br)cc1Cl. The Kier molecular flexibility index (Phi) is 3.76. The molecule has 1 aromatic rings. The van der Waals surface area contributed by atoms with E-state index in [9.17, 15) is 8.42 Å². The normalized spacial score (nSPS) is 11.9. The molecule has 13 heavy (non-hydrogen) atoms. The predicted octanol–water partition coefficient (Wildman–Crippen LogP) is 2.21. The Hall–Kier alpha value is 0.380. The van der Waals surface area contributed by atoms with E-state index < -0.39 is 10.0 Å². The second-order valence-electron chi connectivity index (χ2n) is 2.41. The highest BCUT2D eigenvalue weighted by atomic mass is 79.9. The van der Waals surface area contributed by atoms with Gasteiger partial charge in [-0.2, -0.15) is 0 Å². The molecule has 0 saturated heterocycles. The number of thiophene rings is 1. The zero-order valence-electron chi connectivity index (χ0n) is 6.67. The summed E-state index contributed by atoms with van der Waals surface area (Å²) in [4.78, 5) is 0.805. The van der Waals surface area contributed by atoms with Crippen molar-refractivity contribution in [2.75, 3.05) is 6.26 Å². The molecule has 1 rings (SSSR count). The average molecular weight is 305 g/mol. The van der Waals surface area contributed by atoms with Crippen molar-refractivity contribution in [1.82, 2.24) is 4.72 Å². The van der Waals surface area contributed by atoms with Gasteiger partial charge in [-0.05, 0) is 22.0 Å². The van der Waals surface area contributed by atoms with Gasteiger partial charge >= 0.3 is 0 Å². The van der Waals surface area contributed by atoms with Crippen LogP contribution in [-0.2, 0) is 16.6 Å². The van der Waals surface area contributed by atoms with Gasteiger partial charge in [-0.25, -0.2) is 13.1 Å². The van der Waals surface area contributed by atoms with Crippen molar-refractivity contribution in [2.24, 2.45) is 0 Å². The predicted molar refractivity (Wildman–Crippen MR) is 58.7 cm³/mol. The van der Waals surface area contributed by atoms with E-state index in [1.165, 1.54) is 11.3 Å². The number of halogens is 2. The minimum atomic E-state index is -3.15. The topological polar surface area (TPSA) is 46.2 Å². The van der Waals surface area contributed by atoms with Crippen molar-refractivity contribution in [1.29, 1.82) is 0 Å². The van der Waals surface area contributed by atoms with Crippen LogP contribution in [0.3, 0.4) is 0 Å². The highest BCUT2D eigenvalue weighted by Crippen LogP contribution is 2.30. The zero-order valence-corrected chi connectivity index (χ0v) is 10.6. The molecule has 3 nitrogen and oxygen atoms in total. The first-order valence-corrected chi connectivity index (χ1v) is 7.15. The Morgan fingerprint density at radius 3 is 2.69 bits per heavy atom. The molecule has 0 radical (unpaired) electrons. The summed E-state index contributed by atoms with van der Waals surface area (Å²) in [5.74, 6) is 0. The molecule has 0 aromatic carbocycles. The quantitative estimate of drug-likeness (QED) is 0.930. The summed E-state index contributed by atoms with van der Waals surface area (Å²) in [6.45, 7) is 0.244. The molecule has 1 N–H and O–H groups in total. The first kappa shape index (κ1) is 11.5. The fourth-order valence-electron chi connectivity index (χ4n) is 0.693. The average Bonchev–Trinajstić information content (AvgIpc) is 2.24. The standard InChI is InChI=1S/C6H7BrClNO2S2/c1-13(10,11)9-3-5-4(8)2-6(7)12-5/h2,9H,3H2,1H3. The monoisotopic (exact) mass is 303 g/mol. The highest BCUT2D eigenvalue weighted by molar-refractivity contribution is 9.11. The van der Waals surface area contributed by atoms with Crippen LogP contribution in [0.4, 0.5) is 0 Å². The Bertz CT molecular complexity index is 401. The van der Waals surface area contributed by atoms with Crippen molar-refractivity contribution in [3.63, 3.8) is 0 Å². The third kappa shape index (κ3) is 3.95. The maximum absolute atomic E-state index is 10.8. The molecule has 7 heteroatoms. The Morgan fingerprint density at radius 1 is 1.69 bits per heavy atom. The van der Waals surface area contributed by atoms with Crippen LogP contribution in [0.5, 0.6) is 0 Å². The summed E-state index contributed by atoms with van der Waals surface area (Å²) in [5, 5.41) is 0.577. The van der Waals surface area contributed by atoms with E-state index in [1.54, 1.807) is 6.07 Å². The van der Waals surface area contributed by atoms with E-state index in [0.717, 1.165) is 14.9 Å². The molecule has 1 aromatic heterocycles. The van der Waals surface area contributed by atoms with Gasteiger partial charge in [0, 0.05) is 11.4 Å². The number of sulfonamides is 1. The Labute approximate surface area is 94.3 Å². The van der Waals surface area contributed by atoms with Crippen molar-refractivity contribution in [2.45, 2.75) is 6.54 Å². The largest absolute Gasteiger partial charge is 0.213 e. The molecule has 0 saturated carbocycles. The molecule has 0 aliphatic heterocycles. The van der Waals surface area contributed by atoms with Gasteiger partial charge in [0.15, 0.2) is 0 Å². The third-order valence-electron chi connectivity index (χ3n) is 1.22. The number of hydrogen-bond acceptors (Lipinski definition) is 3. The van der Waals surface area contributed by atoms with Crippen LogP contribution >= 0.6 is 38.9 Å². The summed E-state index contributed by atoms with van der Waals surface area (Å²) in [6, 6.07) is 1.74. The Balaban J connectivity index is 2.70. The zero-order chi connectivity index (χ0) is 10.1. The van der Waals surface area contributed by atoms with Crippen molar-refractivity contribution in [3.05, 3.63) is 19.8 Å². The first-order chi connectivity index (χ1) is 5.88. The maximum Gasteiger partial charge on any atom is 0.209 e. The number of nitrogens with one attached hydrogen (secondary N) is 1. The molecule has 1 heterocycles. The molecule has 0 spiro atoms. The summed E-state index contributed by atoms with van der Waals surface area (Å²) in [6.07, 6.45) is 1.11. The van der Waals surface area contributed by atoms with Crippen molar-refractivity contribution in [3.8, 4) is 0 Å². The molecule has 0 bridgehead atoms. The molecule has 0 aliphatic rings. The van der Waals surface area contributed by atoms with Crippen molar-refractivity contribution < 1.29 is 8.42 Å². The fourth-order valence-corrected chi connectivity index (χ4v) is 3.21. The van der Waals surface area contributed by atoms with Gasteiger partial charge < -0.3 is 0 Å². The minimum absolute atomic E-state index is 0.244. The molecular weight excluding hydrogens is 298 g/mol. The molecule has 74 valence electrons. The van der Waals surface area contributed by atoms with E-state index in [2.05, 4.69) is 20.7 Å². The lowest BCUT2D eigenvalue weighted by Gasteiger charge is -1.99. The minimum Gasteiger partial charge on any atom is -0.213 e. The number of rotatable bonds is 3. The summed E-state index contributed by atoms with van der Waals surface area (Å²) >= 11 is 10.5. The van der Waals surface area contributed by atoms with E-state index in [1.807, 2.05) is 0 Å². The van der Waals surface area contributed by atoms with Crippen LogP contribution in [0.1, 0.15) is 4.88 Å². The van der Waals surface area contributed by atoms with Crippen LogP contribution in [0.25, 0.3) is 0 Å². The van der Waals surface area contributed by atoms with Gasteiger partial charge in [-0.3, -0.25) is 0 Å². The smallest absolute Gasteiger partial charge is 0.209 e. The van der Waals surface area contributed by atoms with E-state index in [0.29, 0.717) is 5.02 Å². The summed E-state index contributed by atoms with van der Waals surface area (Å²) in [7, 11) is -3.15. The van der Waals surface area contributed by atoms with E-state index >= 15 is 0 Å². The molecular formula is C6H7BrClNO2S2.